The Morgan fingerprint density at radius 3 is 2.50 bits per heavy atom. The van der Waals surface area contributed by atoms with Gasteiger partial charge < -0.3 is 10.8 Å². The summed E-state index contributed by atoms with van der Waals surface area (Å²) in [5.74, 6) is -4.75. The number of hydrogen-bond donors (Lipinski definition) is 3. The van der Waals surface area contributed by atoms with Gasteiger partial charge in [-0.1, -0.05) is 0 Å². The number of rotatable bonds is 5. The number of halogens is 2. The van der Waals surface area contributed by atoms with Gasteiger partial charge in [-0.2, -0.15) is 0 Å². The van der Waals surface area contributed by atoms with Gasteiger partial charge in [-0.15, -0.1) is 0 Å². The molecule has 4 N–H and O–H groups in total. The van der Waals surface area contributed by atoms with Gasteiger partial charge in [0.25, 0.3) is 0 Å². The van der Waals surface area contributed by atoms with E-state index in [4.69, 9.17) is 10.8 Å². The van der Waals surface area contributed by atoms with Gasteiger partial charge in [0, 0.05) is 13.1 Å². The molecule has 0 saturated heterocycles. The van der Waals surface area contributed by atoms with Gasteiger partial charge in [0.2, 0.25) is 10.0 Å². The van der Waals surface area contributed by atoms with Crippen molar-refractivity contribution in [2.24, 2.45) is 5.73 Å². The summed E-state index contributed by atoms with van der Waals surface area (Å²) >= 11 is 0. The molecule has 18 heavy (non-hydrogen) atoms. The molecular formula is C9H10F2N2O4S. The third kappa shape index (κ3) is 3.00. The van der Waals surface area contributed by atoms with Gasteiger partial charge >= 0.3 is 5.97 Å². The number of carbonyl (C=O) groups is 1. The Morgan fingerprint density at radius 1 is 1.39 bits per heavy atom. The van der Waals surface area contributed by atoms with Gasteiger partial charge in [-0.05, 0) is 12.1 Å². The molecule has 6 nitrogen and oxygen atoms in total. The largest absolute Gasteiger partial charge is 0.478 e. The van der Waals surface area contributed by atoms with Crippen molar-refractivity contribution in [3.8, 4) is 0 Å². The van der Waals surface area contributed by atoms with Gasteiger partial charge in [-0.3, -0.25) is 0 Å². The van der Waals surface area contributed by atoms with E-state index in [0.29, 0.717) is 12.1 Å². The number of hydrogen-bond acceptors (Lipinski definition) is 4. The molecule has 0 aromatic heterocycles. The van der Waals surface area contributed by atoms with E-state index in [-0.39, 0.29) is 13.1 Å². The molecule has 0 spiro atoms. The lowest BCUT2D eigenvalue weighted by Gasteiger charge is -2.08. The molecular weight excluding hydrogens is 270 g/mol. The second kappa shape index (κ2) is 5.38. The molecule has 1 rings (SSSR count). The van der Waals surface area contributed by atoms with E-state index < -0.39 is 38.1 Å². The molecule has 0 radical (unpaired) electrons. The van der Waals surface area contributed by atoms with E-state index in [9.17, 15) is 22.0 Å². The van der Waals surface area contributed by atoms with Crippen molar-refractivity contribution >= 4 is 16.0 Å². The number of carboxylic acids is 1. The summed E-state index contributed by atoms with van der Waals surface area (Å²) in [7, 11) is -4.34. The first kappa shape index (κ1) is 14.5. The van der Waals surface area contributed by atoms with Crippen LogP contribution in [-0.2, 0) is 10.0 Å². The maximum absolute atomic E-state index is 13.3. The first-order valence-corrected chi connectivity index (χ1v) is 6.20. The molecule has 0 aliphatic heterocycles. The summed E-state index contributed by atoms with van der Waals surface area (Å²) < 4.78 is 51.5. The maximum Gasteiger partial charge on any atom is 0.335 e. The van der Waals surface area contributed by atoms with E-state index in [1.165, 1.54) is 0 Å². The standard InChI is InChI=1S/C9H10F2N2O4S/c10-6-3-5(9(14)15)4-7(8(6)11)18(16,17)13-2-1-12/h3-4,13H,1-2,12H2,(H,14,15). The SMILES string of the molecule is NCCNS(=O)(=O)c1cc(C(=O)O)cc(F)c1F. The fraction of sp³-hybridized carbons (Fsp3) is 0.222. The van der Waals surface area contributed by atoms with E-state index in [1.807, 2.05) is 4.72 Å². The van der Waals surface area contributed by atoms with Gasteiger partial charge in [0.15, 0.2) is 11.6 Å². The molecule has 0 saturated carbocycles. The maximum atomic E-state index is 13.3. The summed E-state index contributed by atoms with van der Waals surface area (Å²) in [5.41, 5.74) is 4.41. The van der Waals surface area contributed by atoms with E-state index >= 15 is 0 Å². The minimum absolute atomic E-state index is 0.0397. The molecule has 0 unspecified atom stereocenters. The Morgan fingerprint density at radius 2 is 2.00 bits per heavy atom. The van der Waals surface area contributed by atoms with E-state index in [1.54, 1.807) is 0 Å². The van der Waals surface area contributed by atoms with Crippen LogP contribution in [0.5, 0.6) is 0 Å². The predicted octanol–water partition coefficient (Wildman–Crippen LogP) is -0.100. The second-order valence-corrected chi connectivity index (χ2v) is 5.00. The number of benzene rings is 1. The van der Waals surface area contributed by atoms with Crippen LogP contribution in [0.25, 0.3) is 0 Å². The Hall–Kier alpha value is -1.58. The predicted molar refractivity (Wildman–Crippen MR) is 57.6 cm³/mol. The van der Waals surface area contributed by atoms with Gasteiger partial charge in [0.1, 0.15) is 4.90 Å². The molecule has 0 aliphatic rings. The lowest BCUT2D eigenvalue weighted by Crippen LogP contribution is -2.30. The van der Waals surface area contributed by atoms with Crippen molar-refractivity contribution in [1.29, 1.82) is 0 Å². The fourth-order valence-electron chi connectivity index (χ4n) is 1.15. The molecule has 0 amide bonds. The number of sulfonamides is 1. The Balaban J connectivity index is 3.35. The molecule has 0 heterocycles. The Kier molecular flexibility index (Phi) is 4.33. The lowest BCUT2D eigenvalue weighted by molar-refractivity contribution is 0.0696. The van der Waals surface area contributed by atoms with Gasteiger partial charge in [-0.25, -0.2) is 26.7 Å². The number of carboxylic acid groups (broad SMARTS) is 1. The molecule has 0 fully saturated rings. The normalized spacial score (nSPS) is 11.5. The Labute approximate surface area is 101 Å². The average Bonchev–Trinajstić information content (AvgIpc) is 2.29. The van der Waals surface area contributed by atoms with E-state index in [2.05, 4.69) is 0 Å². The third-order valence-electron chi connectivity index (χ3n) is 1.97. The van der Waals surface area contributed by atoms with Crippen molar-refractivity contribution in [2.75, 3.05) is 13.1 Å². The van der Waals surface area contributed by atoms with Crippen LogP contribution in [0.15, 0.2) is 17.0 Å². The fourth-order valence-corrected chi connectivity index (χ4v) is 2.31. The quantitative estimate of drug-likeness (QED) is 0.697. The second-order valence-electron chi connectivity index (χ2n) is 3.26. The zero-order valence-electron chi connectivity index (χ0n) is 8.98. The highest BCUT2D eigenvalue weighted by Gasteiger charge is 2.24. The monoisotopic (exact) mass is 280 g/mol. The van der Waals surface area contributed by atoms with Crippen LogP contribution in [0, 0.1) is 11.6 Å². The summed E-state index contributed by atoms with van der Waals surface area (Å²) in [4.78, 5) is 9.57. The molecule has 100 valence electrons. The van der Waals surface area contributed by atoms with Gasteiger partial charge in [0.05, 0.1) is 5.56 Å². The van der Waals surface area contributed by atoms with Crippen LogP contribution < -0.4 is 10.5 Å². The zero-order chi connectivity index (χ0) is 13.9. The van der Waals surface area contributed by atoms with Crippen molar-refractivity contribution in [1.82, 2.24) is 4.72 Å². The minimum Gasteiger partial charge on any atom is -0.478 e. The average molecular weight is 280 g/mol. The highest BCUT2D eigenvalue weighted by atomic mass is 32.2. The Bertz CT molecular complexity index is 574. The highest BCUT2D eigenvalue weighted by molar-refractivity contribution is 7.89. The molecule has 9 heteroatoms. The molecule has 0 bridgehead atoms. The van der Waals surface area contributed by atoms with Crippen LogP contribution in [0.3, 0.4) is 0 Å². The van der Waals surface area contributed by atoms with Crippen LogP contribution in [0.2, 0.25) is 0 Å². The summed E-state index contributed by atoms with van der Waals surface area (Å²) in [6, 6.07) is 0.944. The molecule has 0 aliphatic carbocycles. The minimum atomic E-state index is -4.34. The smallest absolute Gasteiger partial charge is 0.335 e. The summed E-state index contributed by atoms with van der Waals surface area (Å²) in [5, 5.41) is 8.64. The van der Waals surface area contributed by atoms with Crippen LogP contribution in [-0.4, -0.2) is 32.6 Å². The summed E-state index contributed by atoms with van der Waals surface area (Å²) in [6.07, 6.45) is 0. The first-order valence-electron chi connectivity index (χ1n) is 4.71. The van der Waals surface area contributed by atoms with Crippen LogP contribution in [0.4, 0.5) is 8.78 Å². The molecule has 1 aromatic carbocycles. The van der Waals surface area contributed by atoms with Crippen LogP contribution in [0.1, 0.15) is 10.4 Å². The van der Waals surface area contributed by atoms with E-state index in [0.717, 1.165) is 0 Å². The van der Waals surface area contributed by atoms with Crippen molar-refractivity contribution in [2.45, 2.75) is 4.90 Å². The third-order valence-corrected chi connectivity index (χ3v) is 3.43. The number of nitrogens with two attached hydrogens (primary N) is 1. The van der Waals surface area contributed by atoms with Crippen molar-refractivity contribution in [3.63, 3.8) is 0 Å². The number of nitrogens with one attached hydrogen (secondary N) is 1. The highest BCUT2D eigenvalue weighted by Crippen LogP contribution is 2.19. The van der Waals surface area contributed by atoms with Crippen LogP contribution >= 0.6 is 0 Å². The zero-order valence-corrected chi connectivity index (χ0v) is 9.80. The molecule has 1 aromatic rings. The lowest BCUT2D eigenvalue weighted by atomic mass is 10.2. The topological polar surface area (TPSA) is 109 Å². The first-order chi connectivity index (χ1) is 8.29. The van der Waals surface area contributed by atoms with Crippen molar-refractivity contribution in [3.05, 3.63) is 29.3 Å². The molecule has 0 atom stereocenters. The number of aromatic carboxylic acids is 1. The summed E-state index contributed by atoms with van der Waals surface area (Å²) in [6.45, 7) is -0.220. The van der Waals surface area contributed by atoms with Crippen molar-refractivity contribution < 1.29 is 27.1 Å².